The summed E-state index contributed by atoms with van der Waals surface area (Å²) in [6, 6.07) is 1.12. The van der Waals surface area contributed by atoms with E-state index in [0.717, 1.165) is 0 Å². The first-order valence-corrected chi connectivity index (χ1v) is 5.51. The summed E-state index contributed by atoms with van der Waals surface area (Å²) in [5.41, 5.74) is -3.55. The van der Waals surface area contributed by atoms with Crippen LogP contribution in [0, 0.1) is 0 Å². The van der Waals surface area contributed by atoms with Crippen LogP contribution in [0.2, 0.25) is 0 Å². The van der Waals surface area contributed by atoms with Crippen molar-refractivity contribution in [3.8, 4) is 0 Å². The molecule has 7 heteroatoms. The lowest BCUT2D eigenvalue weighted by molar-refractivity contribution is -0.144. The van der Waals surface area contributed by atoms with Gasteiger partial charge in [-0.05, 0) is 24.1 Å². The molecule has 0 aromatic heterocycles. The second-order valence-electron chi connectivity index (χ2n) is 4.07. The summed E-state index contributed by atoms with van der Waals surface area (Å²) in [4.78, 5) is 0. The van der Waals surface area contributed by atoms with Gasteiger partial charge in [0.1, 0.15) is 6.10 Å². The lowest BCUT2D eigenvalue weighted by Gasteiger charge is -2.18. The number of hydrogen-bond donors (Lipinski definition) is 0. The van der Waals surface area contributed by atoms with E-state index < -0.39 is 35.1 Å². The summed E-state index contributed by atoms with van der Waals surface area (Å²) in [5, 5.41) is 11.6. The van der Waals surface area contributed by atoms with E-state index >= 15 is 0 Å². The molecule has 19 heavy (non-hydrogen) atoms. The number of rotatable bonds is 3. The van der Waals surface area contributed by atoms with Gasteiger partial charge in [-0.25, -0.2) is 5.11 Å². The highest BCUT2D eigenvalue weighted by molar-refractivity contribution is 5.36. The summed E-state index contributed by atoms with van der Waals surface area (Å²) in [5.74, 6) is 0. The summed E-state index contributed by atoms with van der Waals surface area (Å²) >= 11 is 0. The van der Waals surface area contributed by atoms with Crippen LogP contribution in [0.3, 0.4) is 0 Å². The van der Waals surface area contributed by atoms with Crippen LogP contribution in [-0.2, 0) is 17.5 Å². The van der Waals surface area contributed by atoms with Crippen molar-refractivity contribution in [2.45, 2.75) is 38.2 Å². The van der Waals surface area contributed by atoms with Crippen molar-refractivity contribution in [1.29, 1.82) is 0 Å². The van der Waals surface area contributed by atoms with Crippen LogP contribution in [0.1, 0.15) is 42.6 Å². The third-order valence-electron chi connectivity index (χ3n) is 2.58. The molecule has 107 valence electrons. The molecule has 0 spiro atoms. The van der Waals surface area contributed by atoms with E-state index in [1.807, 2.05) is 0 Å². The highest BCUT2D eigenvalue weighted by atomic mass is 19.4. The fraction of sp³-hybridized carbons (Fsp3) is 0.500. The second-order valence-corrected chi connectivity index (χ2v) is 4.07. The highest BCUT2D eigenvalue weighted by Gasteiger charge is 2.39. The maximum atomic E-state index is 12.7. The first-order chi connectivity index (χ1) is 8.57. The zero-order chi connectivity index (χ0) is 14.8. The summed E-state index contributed by atoms with van der Waals surface area (Å²) < 4.78 is 75.3. The topological polar surface area (TPSA) is 19.9 Å². The van der Waals surface area contributed by atoms with Gasteiger partial charge in [0, 0.05) is 0 Å². The minimum Gasteiger partial charge on any atom is -0.228 e. The molecular formula is C12H11F6O. The molecule has 0 aliphatic rings. The fourth-order valence-electron chi connectivity index (χ4n) is 1.68. The summed E-state index contributed by atoms with van der Waals surface area (Å²) in [6.45, 7) is 1.61. The Morgan fingerprint density at radius 3 is 2.05 bits per heavy atom. The molecule has 1 aromatic carbocycles. The molecule has 0 aliphatic carbocycles. The Morgan fingerprint density at radius 1 is 1.05 bits per heavy atom. The minimum atomic E-state index is -4.98. The van der Waals surface area contributed by atoms with Crippen LogP contribution < -0.4 is 0 Å². The van der Waals surface area contributed by atoms with Crippen molar-refractivity contribution >= 4 is 0 Å². The average Bonchev–Trinajstić information content (AvgIpc) is 2.26. The van der Waals surface area contributed by atoms with E-state index in [9.17, 15) is 31.4 Å². The zero-order valence-corrected chi connectivity index (χ0v) is 9.90. The molecule has 1 rings (SSSR count). The molecule has 0 bridgehead atoms. The monoisotopic (exact) mass is 285 g/mol. The van der Waals surface area contributed by atoms with Gasteiger partial charge in [-0.1, -0.05) is 19.4 Å². The van der Waals surface area contributed by atoms with Crippen molar-refractivity contribution in [2.24, 2.45) is 0 Å². The Kier molecular flexibility index (Phi) is 4.50. The quantitative estimate of drug-likeness (QED) is 0.697. The van der Waals surface area contributed by atoms with Crippen molar-refractivity contribution in [1.82, 2.24) is 0 Å². The van der Waals surface area contributed by atoms with Crippen LogP contribution in [0.4, 0.5) is 26.3 Å². The smallest absolute Gasteiger partial charge is 0.228 e. The molecule has 1 nitrogen and oxygen atoms in total. The first kappa shape index (κ1) is 15.8. The first-order valence-electron chi connectivity index (χ1n) is 5.51. The van der Waals surface area contributed by atoms with Gasteiger partial charge in [-0.15, -0.1) is 0 Å². The fourth-order valence-corrected chi connectivity index (χ4v) is 1.68. The van der Waals surface area contributed by atoms with Gasteiger partial charge in [-0.2, -0.15) is 26.3 Å². The Balaban J connectivity index is 3.33. The second kappa shape index (κ2) is 5.40. The lowest BCUT2D eigenvalue weighted by Crippen LogP contribution is -2.15. The van der Waals surface area contributed by atoms with Gasteiger partial charge in [0.15, 0.2) is 0 Å². The van der Waals surface area contributed by atoms with Gasteiger partial charge in [0.25, 0.3) is 0 Å². The van der Waals surface area contributed by atoms with E-state index in [1.54, 1.807) is 6.92 Å². The molecular weight excluding hydrogens is 274 g/mol. The standard InChI is InChI=1S/C12H11F6O/c1-2-3-10(19)8-5-4-7(11(13,14)15)6-9(8)12(16,17)18/h4-6,10H,2-3H2,1H3. The Hall–Kier alpha value is -1.24. The maximum Gasteiger partial charge on any atom is 0.416 e. The van der Waals surface area contributed by atoms with Gasteiger partial charge >= 0.3 is 12.4 Å². The van der Waals surface area contributed by atoms with Crippen molar-refractivity contribution < 1.29 is 31.4 Å². The molecule has 1 aromatic rings. The molecule has 0 N–H and O–H groups in total. The van der Waals surface area contributed by atoms with Crippen LogP contribution in [0.25, 0.3) is 0 Å². The molecule has 0 aliphatic heterocycles. The number of hydrogen-bond acceptors (Lipinski definition) is 0. The predicted molar refractivity (Wildman–Crippen MR) is 54.8 cm³/mol. The normalized spacial score (nSPS) is 14.5. The Morgan fingerprint density at radius 2 is 1.63 bits per heavy atom. The number of halogens is 6. The van der Waals surface area contributed by atoms with Gasteiger partial charge in [0.2, 0.25) is 0 Å². The van der Waals surface area contributed by atoms with E-state index in [4.69, 9.17) is 0 Å². The van der Waals surface area contributed by atoms with Crippen molar-refractivity contribution in [3.05, 3.63) is 34.9 Å². The van der Waals surface area contributed by atoms with E-state index in [2.05, 4.69) is 0 Å². The molecule has 1 radical (unpaired) electrons. The van der Waals surface area contributed by atoms with Crippen LogP contribution in [-0.4, -0.2) is 0 Å². The predicted octanol–water partition coefficient (Wildman–Crippen LogP) is 5.00. The molecule has 0 saturated heterocycles. The Labute approximate surface area is 105 Å². The SMILES string of the molecule is CCCC([O])c1ccc(C(F)(F)F)cc1C(F)(F)F. The van der Waals surface area contributed by atoms with Gasteiger partial charge < -0.3 is 0 Å². The molecule has 1 atom stereocenters. The number of benzene rings is 1. The summed E-state index contributed by atoms with van der Waals surface area (Å²) in [7, 11) is 0. The van der Waals surface area contributed by atoms with Crippen LogP contribution >= 0.6 is 0 Å². The third kappa shape index (κ3) is 3.86. The Bertz CT molecular complexity index is 435. The number of alkyl halides is 6. The van der Waals surface area contributed by atoms with Gasteiger partial charge in [0.05, 0.1) is 11.1 Å². The minimum absolute atomic E-state index is 0.00407. The lowest BCUT2D eigenvalue weighted by atomic mass is 9.96. The molecule has 1 unspecified atom stereocenters. The maximum absolute atomic E-state index is 12.7. The molecule has 0 heterocycles. The highest BCUT2D eigenvalue weighted by Crippen LogP contribution is 2.39. The van der Waals surface area contributed by atoms with E-state index in [1.165, 1.54) is 0 Å². The molecule has 0 fully saturated rings. The van der Waals surface area contributed by atoms with Crippen molar-refractivity contribution in [3.63, 3.8) is 0 Å². The van der Waals surface area contributed by atoms with Crippen molar-refractivity contribution in [2.75, 3.05) is 0 Å². The average molecular weight is 285 g/mol. The molecule has 0 amide bonds. The van der Waals surface area contributed by atoms with Crippen LogP contribution in [0.5, 0.6) is 0 Å². The third-order valence-corrected chi connectivity index (χ3v) is 2.58. The molecule has 0 saturated carbocycles. The largest absolute Gasteiger partial charge is 0.416 e. The van der Waals surface area contributed by atoms with E-state index in [0.29, 0.717) is 18.6 Å². The zero-order valence-electron chi connectivity index (χ0n) is 9.90. The van der Waals surface area contributed by atoms with E-state index in [-0.39, 0.29) is 12.5 Å². The van der Waals surface area contributed by atoms with Gasteiger partial charge in [-0.3, -0.25) is 0 Å². The summed E-state index contributed by atoms with van der Waals surface area (Å²) in [6.07, 6.45) is -11.2. The van der Waals surface area contributed by atoms with Crippen LogP contribution in [0.15, 0.2) is 18.2 Å².